The van der Waals surface area contributed by atoms with Crippen molar-refractivity contribution < 1.29 is 4.79 Å². The van der Waals surface area contributed by atoms with E-state index in [1.165, 1.54) is 11.8 Å². The Balaban J connectivity index is 1.35. The highest BCUT2D eigenvalue weighted by Gasteiger charge is 2.29. The number of carbonyl (C=O) groups excluding carboxylic acids is 1. The molecular weight excluding hydrogens is 426 g/mol. The first-order valence-electron chi connectivity index (χ1n) is 10.7. The van der Waals surface area contributed by atoms with Crippen LogP contribution in [0.1, 0.15) is 18.5 Å². The molecule has 1 aliphatic heterocycles. The van der Waals surface area contributed by atoms with Gasteiger partial charge in [0.15, 0.2) is 11.0 Å². The van der Waals surface area contributed by atoms with Crippen molar-refractivity contribution in [3.63, 3.8) is 0 Å². The van der Waals surface area contributed by atoms with Crippen molar-refractivity contribution in [1.82, 2.24) is 30.5 Å². The molecule has 11 heteroatoms. The number of aromatic amines is 1. The van der Waals surface area contributed by atoms with E-state index in [1.807, 2.05) is 37.3 Å². The number of aromatic nitrogens is 5. The Labute approximate surface area is 190 Å². The summed E-state index contributed by atoms with van der Waals surface area (Å²) in [5.74, 6) is 2.05. The number of nitrogens with zero attached hydrogens (tertiary/aromatic N) is 5. The van der Waals surface area contributed by atoms with Gasteiger partial charge in [-0.1, -0.05) is 0 Å². The number of amides is 1. The number of aryl methyl sites for hydroxylation is 1. The number of hydrogen-bond acceptors (Lipinski definition) is 9. The van der Waals surface area contributed by atoms with E-state index < -0.39 is 0 Å². The van der Waals surface area contributed by atoms with Crippen LogP contribution in [0.2, 0.25) is 0 Å². The fourth-order valence-electron chi connectivity index (χ4n) is 3.35. The zero-order valence-electron chi connectivity index (χ0n) is 17.8. The van der Waals surface area contributed by atoms with Crippen LogP contribution in [0.5, 0.6) is 0 Å². The zero-order valence-corrected chi connectivity index (χ0v) is 18.6. The molecule has 0 spiro atoms. The number of carbonyl (C=O) groups is 1. The lowest BCUT2D eigenvalue weighted by atomic mass is 10.3. The topological polar surface area (TPSA) is 124 Å². The predicted octanol–water partition coefficient (Wildman–Crippen LogP) is 2.56. The summed E-state index contributed by atoms with van der Waals surface area (Å²) in [5, 5.41) is 17.2. The molecular formula is C21H25N9OS. The average Bonchev–Trinajstić information content (AvgIpc) is 3.58. The van der Waals surface area contributed by atoms with Crippen molar-refractivity contribution in [2.45, 2.75) is 29.8 Å². The van der Waals surface area contributed by atoms with Crippen LogP contribution in [0.3, 0.4) is 0 Å². The Morgan fingerprint density at radius 1 is 1.12 bits per heavy atom. The number of hydrogen-bond donors (Lipinski definition) is 4. The van der Waals surface area contributed by atoms with Gasteiger partial charge in [-0.05, 0) is 55.8 Å². The SMILES string of the molecule is Cc1cc(Nc2nc(Sc3ccc(NC(=O)C4CC4)cc3)nc(N3CCNCC3)n2)n[nH]1. The normalized spacial score (nSPS) is 16.1. The second kappa shape index (κ2) is 9.13. The second-order valence-electron chi connectivity index (χ2n) is 7.93. The Kier molecular flexibility index (Phi) is 5.91. The molecule has 0 atom stereocenters. The predicted molar refractivity (Wildman–Crippen MR) is 123 cm³/mol. The van der Waals surface area contributed by atoms with Gasteiger partial charge >= 0.3 is 0 Å². The molecule has 1 aromatic carbocycles. The highest BCUT2D eigenvalue weighted by atomic mass is 32.2. The summed E-state index contributed by atoms with van der Waals surface area (Å²) < 4.78 is 0. The highest BCUT2D eigenvalue weighted by Crippen LogP contribution is 2.31. The Morgan fingerprint density at radius 2 is 1.91 bits per heavy atom. The fourth-order valence-corrected chi connectivity index (χ4v) is 4.09. The van der Waals surface area contributed by atoms with Gasteiger partial charge in [-0.3, -0.25) is 9.89 Å². The van der Waals surface area contributed by atoms with E-state index in [9.17, 15) is 4.79 Å². The van der Waals surface area contributed by atoms with E-state index in [0.29, 0.717) is 22.9 Å². The van der Waals surface area contributed by atoms with E-state index >= 15 is 0 Å². The van der Waals surface area contributed by atoms with Gasteiger partial charge in [-0.25, -0.2) is 0 Å². The molecule has 166 valence electrons. The summed E-state index contributed by atoms with van der Waals surface area (Å²) in [4.78, 5) is 29.0. The molecule has 2 aromatic heterocycles. The molecule has 0 bridgehead atoms. The molecule has 10 nitrogen and oxygen atoms in total. The summed E-state index contributed by atoms with van der Waals surface area (Å²) in [7, 11) is 0. The highest BCUT2D eigenvalue weighted by molar-refractivity contribution is 7.99. The van der Waals surface area contributed by atoms with Crippen LogP contribution < -0.4 is 20.9 Å². The molecule has 4 N–H and O–H groups in total. The Morgan fingerprint density at radius 3 is 2.59 bits per heavy atom. The van der Waals surface area contributed by atoms with E-state index in [-0.39, 0.29) is 11.8 Å². The van der Waals surface area contributed by atoms with Crippen LogP contribution in [-0.4, -0.2) is 57.2 Å². The van der Waals surface area contributed by atoms with E-state index in [0.717, 1.165) is 55.3 Å². The first-order valence-corrected chi connectivity index (χ1v) is 11.5. The van der Waals surface area contributed by atoms with Gasteiger partial charge in [0, 0.05) is 54.4 Å². The van der Waals surface area contributed by atoms with Gasteiger partial charge < -0.3 is 20.9 Å². The van der Waals surface area contributed by atoms with Crippen molar-refractivity contribution in [2.75, 3.05) is 41.7 Å². The maximum atomic E-state index is 12.0. The molecule has 2 aliphatic rings. The van der Waals surface area contributed by atoms with Crippen molar-refractivity contribution >= 4 is 41.1 Å². The Hall–Kier alpha value is -3.18. The molecule has 5 rings (SSSR count). The first-order chi connectivity index (χ1) is 15.6. The smallest absolute Gasteiger partial charge is 0.234 e. The number of benzene rings is 1. The summed E-state index contributed by atoms with van der Waals surface area (Å²) in [6.45, 7) is 5.40. The van der Waals surface area contributed by atoms with Crippen LogP contribution in [-0.2, 0) is 4.79 Å². The maximum absolute atomic E-state index is 12.0. The van der Waals surface area contributed by atoms with Gasteiger partial charge in [-0.2, -0.15) is 20.1 Å². The minimum absolute atomic E-state index is 0.104. The molecule has 0 unspecified atom stereocenters. The third-order valence-corrected chi connectivity index (χ3v) is 6.10. The van der Waals surface area contributed by atoms with Crippen molar-refractivity contribution in [3.05, 3.63) is 36.0 Å². The third kappa shape index (κ3) is 5.17. The molecule has 1 saturated carbocycles. The fraction of sp³-hybridized carbons (Fsp3) is 0.381. The van der Waals surface area contributed by atoms with Crippen LogP contribution >= 0.6 is 11.8 Å². The second-order valence-corrected chi connectivity index (χ2v) is 8.97. The molecule has 1 aliphatic carbocycles. The molecule has 1 saturated heterocycles. The minimum Gasteiger partial charge on any atom is -0.338 e. The lowest BCUT2D eigenvalue weighted by Gasteiger charge is -2.27. The minimum atomic E-state index is 0.104. The lowest BCUT2D eigenvalue weighted by molar-refractivity contribution is -0.117. The zero-order chi connectivity index (χ0) is 21.9. The average molecular weight is 452 g/mol. The van der Waals surface area contributed by atoms with Crippen molar-refractivity contribution in [3.8, 4) is 0 Å². The molecule has 0 radical (unpaired) electrons. The summed E-state index contributed by atoms with van der Waals surface area (Å²) >= 11 is 1.46. The third-order valence-electron chi connectivity index (χ3n) is 5.23. The maximum Gasteiger partial charge on any atom is 0.234 e. The molecule has 2 fully saturated rings. The van der Waals surface area contributed by atoms with Gasteiger partial charge in [0.05, 0.1) is 0 Å². The number of piperazine rings is 1. The van der Waals surface area contributed by atoms with Crippen molar-refractivity contribution in [1.29, 1.82) is 0 Å². The Bertz CT molecular complexity index is 1090. The molecule has 3 heterocycles. The lowest BCUT2D eigenvalue weighted by Crippen LogP contribution is -2.44. The van der Waals surface area contributed by atoms with Crippen LogP contribution in [0, 0.1) is 12.8 Å². The van der Waals surface area contributed by atoms with Gasteiger partial charge in [0.25, 0.3) is 0 Å². The van der Waals surface area contributed by atoms with Gasteiger partial charge in [-0.15, -0.1) is 0 Å². The van der Waals surface area contributed by atoms with Crippen LogP contribution in [0.4, 0.5) is 23.4 Å². The van der Waals surface area contributed by atoms with Gasteiger partial charge in [0.1, 0.15) is 0 Å². The summed E-state index contributed by atoms with van der Waals surface area (Å²) in [5.41, 5.74) is 1.76. The standard InChI is InChI=1S/C21H25N9OS/c1-13-12-17(29-28-13)24-19-25-20(30-10-8-22-9-11-30)27-21(26-19)32-16-6-4-15(5-7-16)23-18(31)14-2-3-14/h4-7,12,14,22H,2-3,8-11H2,1H3,(H,23,31)(H2,24,25,26,27,28,29). The van der Waals surface area contributed by atoms with Gasteiger partial charge in [0.2, 0.25) is 17.8 Å². The number of rotatable bonds is 7. The van der Waals surface area contributed by atoms with E-state index in [4.69, 9.17) is 4.98 Å². The quantitative estimate of drug-likeness (QED) is 0.429. The number of H-pyrrole nitrogens is 1. The monoisotopic (exact) mass is 451 g/mol. The van der Waals surface area contributed by atoms with E-state index in [1.54, 1.807) is 0 Å². The molecule has 3 aromatic rings. The number of nitrogens with one attached hydrogen (secondary N) is 4. The molecule has 32 heavy (non-hydrogen) atoms. The summed E-state index contributed by atoms with van der Waals surface area (Å²) in [6, 6.07) is 9.65. The van der Waals surface area contributed by atoms with Crippen LogP contribution in [0.25, 0.3) is 0 Å². The van der Waals surface area contributed by atoms with Crippen molar-refractivity contribution in [2.24, 2.45) is 5.92 Å². The van der Waals surface area contributed by atoms with E-state index in [2.05, 4.69) is 41.0 Å². The molecule has 1 amide bonds. The first kappa shape index (κ1) is 20.7. The number of anilines is 4. The largest absolute Gasteiger partial charge is 0.338 e. The van der Waals surface area contributed by atoms with Crippen LogP contribution in [0.15, 0.2) is 40.4 Å². The summed E-state index contributed by atoms with van der Waals surface area (Å²) in [6.07, 6.45) is 1.98.